The molecule has 0 aromatic heterocycles. The predicted octanol–water partition coefficient (Wildman–Crippen LogP) is 5.05. The van der Waals surface area contributed by atoms with E-state index in [1.165, 1.54) is 0 Å². The van der Waals surface area contributed by atoms with Crippen LogP contribution in [0.3, 0.4) is 0 Å². The Morgan fingerprint density at radius 2 is 1.91 bits per heavy atom. The molecule has 0 fully saturated rings. The first kappa shape index (κ1) is 26.0. The van der Waals surface area contributed by atoms with Crippen molar-refractivity contribution in [3.63, 3.8) is 0 Å². The number of hydrogen-bond donors (Lipinski definition) is 2. The lowest BCUT2D eigenvalue weighted by atomic mass is 9.83. The van der Waals surface area contributed by atoms with Crippen molar-refractivity contribution >= 4 is 36.1 Å². The quantitative estimate of drug-likeness (QED) is 0.283. The monoisotopic (exact) mass is 476 g/mol. The van der Waals surface area contributed by atoms with Gasteiger partial charge in [-0.3, -0.25) is 9.59 Å². The van der Waals surface area contributed by atoms with E-state index in [4.69, 9.17) is 0 Å². The lowest BCUT2D eigenvalue weighted by Crippen LogP contribution is -2.33. The third-order valence-electron chi connectivity index (χ3n) is 5.92. The summed E-state index contributed by atoms with van der Waals surface area (Å²) >= 11 is 0.746. The zero-order valence-electron chi connectivity index (χ0n) is 18.2. The minimum Gasteiger partial charge on any atom is -0.481 e. The lowest BCUT2D eigenvalue weighted by molar-refractivity contribution is -0.139. The third kappa shape index (κ3) is 6.18. The van der Waals surface area contributed by atoms with Crippen molar-refractivity contribution in [1.29, 1.82) is 0 Å². The van der Waals surface area contributed by atoms with Crippen molar-refractivity contribution in [3.8, 4) is 0 Å². The molecule has 2 unspecified atom stereocenters. The number of benzene rings is 2. The van der Waals surface area contributed by atoms with Gasteiger partial charge >= 0.3 is 5.97 Å². The van der Waals surface area contributed by atoms with Crippen LogP contribution in [0.25, 0.3) is 0 Å². The molecule has 0 bridgehead atoms. The highest BCUT2D eigenvalue weighted by Gasteiger charge is 2.38. The molecular weight excluding hydrogens is 448 g/mol. The third-order valence-corrected chi connectivity index (χ3v) is 6.71. The molecule has 8 heteroatoms. The van der Waals surface area contributed by atoms with Gasteiger partial charge in [0.1, 0.15) is 0 Å². The van der Waals surface area contributed by atoms with Crippen molar-refractivity contribution < 1.29 is 14.7 Å². The van der Waals surface area contributed by atoms with Gasteiger partial charge in [-0.05, 0) is 56.3 Å². The predicted molar refractivity (Wildman–Crippen MR) is 131 cm³/mol. The Hall–Kier alpha value is -2.22. The number of fused-ring (bicyclic) bond motifs is 1. The van der Waals surface area contributed by atoms with Crippen molar-refractivity contribution in [1.82, 2.24) is 5.32 Å². The van der Waals surface area contributed by atoms with Gasteiger partial charge in [-0.25, -0.2) is 0 Å². The molecule has 32 heavy (non-hydrogen) atoms. The van der Waals surface area contributed by atoms with Crippen molar-refractivity contribution in [2.75, 3.05) is 13.1 Å². The summed E-state index contributed by atoms with van der Waals surface area (Å²) in [6.07, 6.45) is 2.59. The second-order valence-corrected chi connectivity index (χ2v) is 9.88. The molecule has 0 amide bonds. The second-order valence-electron chi connectivity index (χ2n) is 8.49. The fraction of sp³-hybridized carbons (Fsp3) is 0.417. The van der Waals surface area contributed by atoms with Gasteiger partial charge in [-0.15, -0.1) is 17.3 Å². The van der Waals surface area contributed by atoms with E-state index in [1.807, 2.05) is 48.5 Å². The maximum Gasteiger partial charge on any atom is 0.312 e. The van der Waals surface area contributed by atoms with Crippen LogP contribution in [0.15, 0.2) is 53.1 Å². The fourth-order valence-corrected chi connectivity index (χ4v) is 4.76. The number of carbonyl (C=O) groups excluding carboxylic acids is 1. The van der Waals surface area contributed by atoms with Crippen LogP contribution in [-0.2, 0) is 17.6 Å². The number of carboxylic acid groups (broad SMARTS) is 1. The molecule has 6 nitrogen and oxygen atoms in total. The highest BCUT2D eigenvalue weighted by Crippen LogP contribution is 2.40. The Balaban J connectivity index is 0.00000363. The molecule has 2 atom stereocenters. The first-order valence-electron chi connectivity index (χ1n) is 10.5. The number of halogens is 1. The lowest BCUT2D eigenvalue weighted by Gasteiger charge is -2.27. The van der Waals surface area contributed by atoms with Crippen LogP contribution >= 0.6 is 24.4 Å². The van der Waals surface area contributed by atoms with Crippen LogP contribution in [0, 0.1) is 10.8 Å². The molecule has 172 valence electrons. The van der Waals surface area contributed by atoms with Gasteiger partial charge < -0.3 is 10.4 Å². The van der Waals surface area contributed by atoms with E-state index in [-0.39, 0.29) is 24.1 Å². The van der Waals surface area contributed by atoms with Crippen LogP contribution in [0.2, 0.25) is 0 Å². The van der Waals surface area contributed by atoms with Gasteiger partial charge in [-0.1, -0.05) is 48.5 Å². The van der Waals surface area contributed by atoms with Crippen molar-refractivity contribution in [2.24, 2.45) is 10.5 Å². The number of rotatable bonds is 10. The van der Waals surface area contributed by atoms with Crippen LogP contribution in [0.1, 0.15) is 53.2 Å². The van der Waals surface area contributed by atoms with Crippen LogP contribution in [0.5, 0.6) is 0 Å². The highest BCUT2D eigenvalue weighted by atomic mass is 35.5. The van der Waals surface area contributed by atoms with Crippen molar-refractivity contribution in [2.45, 2.75) is 43.8 Å². The highest BCUT2D eigenvalue weighted by molar-refractivity contribution is 7.99. The number of aliphatic carboxylic acids is 1. The summed E-state index contributed by atoms with van der Waals surface area (Å²) in [5.74, 6) is -1.57. The van der Waals surface area contributed by atoms with Crippen LogP contribution < -0.4 is 5.32 Å². The number of nitroso groups, excluding NO2 is 1. The molecule has 3 rings (SSSR count). The molecule has 0 saturated heterocycles. The summed E-state index contributed by atoms with van der Waals surface area (Å²) < 4.78 is 1.99. The van der Waals surface area contributed by atoms with Crippen LogP contribution in [-0.4, -0.2) is 34.7 Å². The average Bonchev–Trinajstić information content (AvgIpc) is 2.73. The summed E-state index contributed by atoms with van der Waals surface area (Å²) in [5.41, 5.74) is 3.74. The fourth-order valence-electron chi connectivity index (χ4n) is 4.23. The van der Waals surface area contributed by atoms with Gasteiger partial charge in [0.15, 0.2) is 5.78 Å². The van der Waals surface area contributed by atoms with E-state index in [9.17, 15) is 19.6 Å². The maximum atomic E-state index is 12.6. The van der Waals surface area contributed by atoms with E-state index in [0.29, 0.717) is 12.1 Å². The van der Waals surface area contributed by atoms with Gasteiger partial charge in [0.25, 0.3) is 0 Å². The summed E-state index contributed by atoms with van der Waals surface area (Å²) in [7, 11) is 0. The van der Waals surface area contributed by atoms with E-state index >= 15 is 0 Å². The number of carbonyl (C=O) groups is 2. The normalized spacial score (nSPS) is 16.6. The minimum absolute atomic E-state index is 0. The number of nitrogens with zero attached hydrogens (tertiary/aromatic N) is 1. The summed E-state index contributed by atoms with van der Waals surface area (Å²) in [5, 5.41) is 13.0. The summed E-state index contributed by atoms with van der Waals surface area (Å²) in [6.45, 7) is 4.82. The minimum atomic E-state index is -0.978. The molecule has 2 aromatic rings. The Morgan fingerprint density at radius 1 is 1.22 bits per heavy atom. The molecule has 1 aliphatic carbocycles. The second kappa shape index (κ2) is 11.6. The Kier molecular flexibility index (Phi) is 9.43. The molecule has 0 aliphatic heterocycles. The zero-order chi connectivity index (χ0) is 22.4. The van der Waals surface area contributed by atoms with Gasteiger partial charge in [0.2, 0.25) is 0 Å². The topological polar surface area (TPSA) is 95.8 Å². The Labute approximate surface area is 199 Å². The first-order valence-corrected chi connectivity index (χ1v) is 11.3. The van der Waals surface area contributed by atoms with Crippen molar-refractivity contribution in [3.05, 3.63) is 75.7 Å². The van der Waals surface area contributed by atoms with E-state index < -0.39 is 16.6 Å². The SMILES string of the molecule is CC(C)(SN=O)C(C(=O)O)c1ccc(CCNCC2CCc3ccccc3C2=O)cc1.Cl. The average molecular weight is 477 g/mol. The van der Waals surface area contributed by atoms with E-state index in [0.717, 1.165) is 54.4 Å². The molecule has 2 N–H and O–H groups in total. The number of hydrogen-bond acceptors (Lipinski definition) is 6. The number of aryl methyl sites for hydroxylation is 1. The van der Waals surface area contributed by atoms with E-state index in [1.54, 1.807) is 13.8 Å². The Bertz CT molecular complexity index is 949. The molecule has 1 aliphatic rings. The molecular formula is C24H29ClN2O4S. The molecule has 0 heterocycles. The number of carboxylic acids is 1. The zero-order valence-corrected chi connectivity index (χ0v) is 19.9. The largest absolute Gasteiger partial charge is 0.481 e. The van der Waals surface area contributed by atoms with Crippen LogP contribution in [0.4, 0.5) is 0 Å². The number of Topliss-reactive ketones (excluding diaryl/α,β-unsaturated/α-hetero) is 1. The molecule has 0 radical (unpaired) electrons. The van der Waals surface area contributed by atoms with E-state index in [2.05, 4.69) is 9.90 Å². The molecule has 0 spiro atoms. The molecule has 2 aromatic carbocycles. The van der Waals surface area contributed by atoms with Gasteiger partial charge in [0.05, 0.1) is 10.7 Å². The van der Waals surface area contributed by atoms with Gasteiger partial charge in [0, 0.05) is 34.6 Å². The smallest absolute Gasteiger partial charge is 0.312 e. The summed E-state index contributed by atoms with van der Waals surface area (Å²) in [6, 6.07) is 15.3. The number of ketones is 1. The first-order chi connectivity index (χ1) is 14.8. The Morgan fingerprint density at radius 3 is 2.56 bits per heavy atom. The molecule has 0 saturated carbocycles. The standard InChI is InChI=1S/C24H28N2O4S.ClH/c1-24(2,31-26-30)21(23(28)29)18-9-7-16(8-10-18)13-14-25-15-19-12-11-17-5-3-4-6-20(17)22(19)27;/h3-10,19,21,25H,11-15H2,1-2H3,(H,28,29);1H. The number of nitrogens with one attached hydrogen (secondary N) is 1. The maximum absolute atomic E-state index is 12.6. The van der Waals surface area contributed by atoms with Gasteiger partial charge in [-0.2, -0.15) is 0 Å². The summed E-state index contributed by atoms with van der Waals surface area (Å²) in [4.78, 5) is 35.1.